The summed E-state index contributed by atoms with van der Waals surface area (Å²) < 4.78 is 1.92. The van der Waals surface area contributed by atoms with Crippen molar-refractivity contribution in [2.45, 2.75) is 6.42 Å². The minimum Gasteiger partial charge on any atom is -0.337 e. The predicted molar refractivity (Wildman–Crippen MR) is 79.7 cm³/mol. The number of aromatic nitrogens is 7. The number of hydrogen-bond acceptors (Lipinski definition) is 6. The summed E-state index contributed by atoms with van der Waals surface area (Å²) in [6, 6.07) is 8.02. The zero-order valence-corrected chi connectivity index (χ0v) is 11.5. The smallest absolute Gasteiger partial charge is 0.180 e. The van der Waals surface area contributed by atoms with E-state index in [1.54, 1.807) is 12.4 Å². The van der Waals surface area contributed by atoms with Crippen molar-refractivity contribution in [1.29, 1.82) is 0 Å². The van der Waals surface area contributed by atoms with Gasteiger partial charge in [-0.15, -0.1) is 10.2 Å². The Kier molecular flexibility index (Phi) is 2.97. The molecule has 1 aromatic carbocycles. The highest BCUT2D eigenvalue weighted by Gasteiger charge is 2.05. The standard InChI is InChI=1S/C14H12N8/c1-3-11(4-2-10(1)9-12-18-20-21-19-12)17-13-14-16-6-8-22(14)7-5-15-13/h1-8H,9H2,(H,15,17)(H,18,19,20,21). The molecule has 108 valence electrons. The third-order valence-electron chi connectivity index (χ3n) is 3.28. The quantitative estimate of drug-likeness (QED) is 0.592. The second-order valence-corrected chi connectivity index (χ2v) is 4.76. The van der Waals surface area contributed by atoms with E-state index in [1.165, 1.54) is 0 Å². The van der Waals surface area contributed by atoms with Crippen LogP contribution in [0.25, 0.3) is 5.65 Å². The molecule has 0 atom stereocenters. The fourth-order valence-electron chi connectivity index (χ4n) is 2.22. The van der Waals surface area contributed by atoms with Crippen LogP contribution in [0.1, 0.15) is 11.4 Å². The van der Waals surface area contributed by atoms with Crippen LogP contribution >= 0.6 is 0 Å². The van der Waals surface area contributed by atoms with Crippen LogP contribution in [0.15, 0.2) is 49.1 Å². The number of benzene rings is 1. The SMILES string of the molecule is c1cn2ccnc2c(Nc2ccc(Cc3nn[nH]n3)cc2)n1. The summed E-state index contributed by atoms with van der Waals surface area (Å²) in [4.78, 5) is 8.62. The van der Waals surface area contributed by atoms with Gasteiger partial charge in [-0.25, -0.2) is 9.97 Å². The van der Waals surface area contributed by atoms with Crippen LogP contribution in [0.4, 0.5) is 11.5 Å². The third-order valence-corrected chi connectivity index (χ3v) is 3.28. The average Bonchev–Trinajstić information content (AvgIpc) is 3.21. The Hall–Kier alpha value is -3.29. The van der Waals surface area contributed by atoms with Gasteiger partial charge in [0.1, 0.15) is 0 Å². The van der Waals surface area contributed by atoms with E-state index >= 15 is 0 Å². The van der Waals surface area contributed by atoms with Crippen molar-refractivity contribution in [3.05, 3.63) is 60.4 Å². The summed E-state index contributed by atoms with van der Waals surface area (Å²) >= 11 is 0. The van der Waals surface area contributed by atoms with E-state index < -0.39 is 0 Å². The number of nitrogens with one attached hydrogen (secondary N) is 2. The molecule has 0 amide bonds. The molecule has 8 nitrogen and oxygen atoms in total. The highest BCUT2D eigenvalue weighted by molar-refractivity contribution is 5.69. The van der Waals surface area contributed by atoms with Gasteiger partial charge in [0, 0.05) is 36.9 Å². The molecule has 0 saturated heterocycles. The Morgan fingerprint density at radius 2 is 1.86 bits per heavy atom. The molecule has 0 unspecified atom stereocenters. The van der Waals surface area contributed by atoms with Crippen LogP contribution in [0.3, 0.4) is 0 Å². The van der Waals surface area contributed by atoms with Crippen molar-refractivity contribution in [3.8, 4) is 0 Å². The highest BCUT2D eigenvalue weighted by Crippen LogP contribution is 2.19. The number of imidazole rings is 1. The van der Waals surface area contributed by atoms with Gasteiger partial charge in [0.15, 0.2) is 17.3 Å². The summed E-state index contributed by atoms with van der Waals surface area (Å²) in [7, 11) is 0. The molecule has 0 saturated carbocycles. The van der Waals surface area contributed by atoms with Crippen molar-refractivity contribution >= 4 is 17.2 Å². The molecule has 3 heterocycles. The number of H-pyrrole nitrogens is 1. The maximum Gasteiger partial charge on any atom is 0.180 e. The molecule has 0 bridgehead atoms. The largest absolute Gasteiger partial charge is 0.337 e. The maximum absolute atomic E-state index is 4.33. The van der Waals surface area contributed by atoms with Gasteiger partial charge in [0.25, 0.3) is 0 Å². The molecular weight excluding hydrogens is 280 g/mol. The molecule has 0 fully saturated rings. The lowest BCUT2D eigenvalue weighted by Crippen LogP contribution is -1.98. The minimum absolute atomic E-state index is 0.644. The first-order valence-electron chi connectivity index (χ1n) is 6.74. The summed E-state index contributed by atoms with van der Waals surface area (Å²) in [5, 5.41) is 17.2. The average molecular weight is 292 g/mol. The van der Waals surface area contributed by atoms with Crippen molar-refractivity contribution < 1.29 is 0 Å². The van der Waals surface area contributed by atoms with E-state index in [9.17, 15) is 0 Å². The Labute approximate surface area is 125 Å². The number of anilines is 2. The molecule has 8 heteroatoms. The lowest BCUT2D eigenvalue weighted by Gasteiger charge is -2.07. The Morgan fingerprint density at radius 3 is 2.64 bits per heavy atom. The number of tetrazole rings is 1. The molecular formula is C14H12N8. The van der Waals surface area contributed by atoms with Crippen LogP contribution in [-0.2, 0) is 6.42 Å². The second-order valence-electron chi connectivity index (χ2n) is 4.76. The molecule has 2 N–H and O–H groups in total. The van der Waals surface area contributed by atoms with Gasteiger partial charge in [-0.3, -0.25) is 0 Å². The van der Waals surface area contributed by atoms with E-state index in [1.807, 2.05) is 41.1 Å². The van der Waals surface area contributed by atoms with Gasteiger partial charge in [-0.2, -0.15) is 5.21 Å². The Morgan fingerprint density at radius 1 is 1.05 bits per heavy atom. The number of aromatic amines is 1. The van der Waals surface area contributed by atoms with Gasteiger partial charge in [0.05, 0.1) is 0 Å². The second kappa shape index (κ2) is 5.24. The monoisotopic (exact) mass is 292 g/mol. The van der Waals surface area contributed by atoms with Crippen molar-refractivity contribution in [2.24, 2.45) is 0 Å². The molecule has 0 spiro atoms. The molecule has 3 aromatic heterocycles. The number of rotatable bonds is 4. The van der Waals surface area contributed by atoms with Gasteiger partial charge < -0.3 is 9.72 Å². The van der Waals surface area contributed by atoms with E-state index in [-0.39, 0.29) is 0 Å². The lowest BCUT2D eigenvalue weighted by molar-refractivity contribution is 0.881. The summed E-state index contributed by atoms with van der Waals surface area (Å²) in [5.41, 5.74) is 2.85. The highest BCUT2D eigenvalue weighted by atomic mass is 15.5. The molecule has 0 aliphatic heterocycles. The first-order chi connectivity index (χ1) is 10.9. The van der Waals surface area contributed by atoms with Crippen molar-refractivity contribution in [3.63, 3.8) is 0 Å². The Bertz CT molecular complexity index is 879. The zero-order chi connectivity index (χ0) is 14.8. The summed E-state index contributed by atoms with van der Waals surface area (Å²) in [6.45, 7) is 0. The normalized spacial score (nSPS) is 10.9. The topological polar surface area (TPSA) is 96.7 Å². The Balaban J connectivity index is 1.55. The van der Waals surface area contributed by atoms with Gasteiger partial charge in [-0.1, -0.05) is 17.3 Å². The summed E-state index contributed by atoms with van der Waals surface area (Å²) in [5.74, 6) is 1.39. The summed E-state index contributed by atoms with van der Waals surface area (Å²) in [6.07, 6.45) is 7.88. The molecule has 4 rings (SSSR count). The lowest BCUT2D eigenvalue weighted by atomic mass is 10.1. The van der Waals surface area contributed by atoms with Gasteiger partial charge >= 0.3 is 0 Å². The van der Waals surface area contributed by atoms with Crippen LogP contribution in [-0.4, -0.2) is 35.0 Å². The first-order valence-corrected chi connectivity index (χ1v) is 6.74. The zero-order valence-electron chi connectivity index (χ0n) is 11.5. The first kappa shape index (κ1) is 12.5. The van der Waals surface area contributed by atoms with E-state index in [2.05, 4.69) is 35.9 Å². The van der Waals surface area contributed by atoms with Crippen LogP contribution in [0.2, 0.25) is 0 Å². The third kappa shape index (κ3) is 2.37. The fourth-order valence-corrected chi connectivity index (χ4v) is 2.22. The van der Waals surface area contributed by atoms with Crippen LogP contribution in [0.5, 0.6) is 0 Å². The molecule has 22 heavy (non-hydrogen) atoms. The van der Waals surface area contributed by atoms with E-state index in [4.69, 9.17) is 0 Å². The van der Waals surface area contributed by atoms with E-state index in [0.29, 0.717) is 12.2 Å². The molecule has 0 aliphatic carbocycles. The molecule has 0 radical (unpaired) electrons. The van der Waals surface area contributed by atoms with Crippen LogP contribution < -0.4 is 5.32 Å². The number of hydrogen-bond donors (Lipinski definition) is 2. The number of fused-ring (bicyclic) bond motifs is 1. The van der Waals surface area contributed by atoms with Crippen molar-refractivity contribution in [1.82, 2.24) is 35.0 Å². The van der Waals surface area contributed by atoms with Crippen molar-refractivity contribution in [2.75, 3.05) is 5.32 Å². The maximum atomic E-state index is 4.33. The number of nitrogens with zero attached hydrogens (tertiary/aromatic N) is 6. The minimum atomic E-state index is 0.644. The molecule has 4 aromatic rings. The van der Waals surface area contributed by atoms with Gasteiger partial charge in [0.2, 0.25) is 0 Å². The van der Waals surface area contributed by atoms with E-state index in [0.717, 1.165) is 22.7 Å². The predicted octanol–water partition coefficient (Wildman–Crippen LogP) is 1.58. The van der Waals surface area contributed by atoms with Crippen LogP contribution in [0, 0.1) is 0 Å². The van der Waals surface area contributed by atoms with Gasteiger partial charge in [-0.05, 0) is 17.7 Å². The molecule has 0 aliphatic rings. The fraction of sp³-hybridized carbons (Fsp3) is 0.0714.